The van der Waals surface area contributed by atoms with E-state index in [0.717, 1.165) is 0 Å². The summed E-state index contributed by atoms with van der Waals surface area (Å²) in [7, 11) is -4.16. The van der Waals surface area contributed by atoms with Gasteiger partial charge in [0.05, 0.1) is 0 Å². The van der Waals surface area contributed by atoms with Crippen LogP contribution in [0.1, 0.15) is 20.8 Å². The van der Waals surface area contributed by atoms with Crippen molar-refractivity contribution in [3.8, 4) is 0 Å². The second-order valence-electron chi connectivity index (χ2n) is 3.26. The third-order valence-electron chi connectivity index (χ3n) is 1.65. The second-order valence-corrected chi connectivity index (χ2v) is 4.79. The number of nitrogens with two attached hydrogens (primary N) is 1. The Morgan fingerprint density at radius 3 is 2.17 bits per heavy atom. The van der Waals surface area contributed by atoms with Crippen LogP contribution >= 0.6 is 0 Å². The lowest BCUT2D eigenvalue weighted by molar-refractivity contribution is 0.393. The first-order valence-corrected chi connectivity index (χ1v) is 5.08. The molecule has 5 heteroatoms. The third-order valence-corrected chi connectivity index (χ3v) is 2.90. The van der Waals surface area contributed by atoms with Crippen molar-refractivity contribution >= 4 is 10.1 Å². The van der Waals surface area contributed by atoms with Gasteiger partial charge in [0.15, 0.2) is 0 Å². The Bertz CT molecular complexity index is 266. The maximum absolute atomic E-state index is 10.6. The van der Waals surface area contributed by atoms with Crippen LogP contribution in [0.15, 0.2) is 12.2 Å². The van der Waals surface area contributed by atoms with E-state index >= 15 is 0 Å². The van der Waals surface area contributed by atoms with Crippen molar-refractivity contribution in [1.29, 1.82) is 0 Å². The zero-order valence-electron chi connectivity index (χ0n) is 7.48. The highest BCUT2D eigenvalue weighted by atomic mass is 32.2. The number of hydrogen-bond donors (Lipinski definition) is 2. The van der Waals surface area contributed by atoms with Crippen molar-refractivity contribution < 1.29 is 13.0 Å². The number of rotatable bonds is 3. The largest absolute Gasteiger partial charge is 0.312 e. The van der Waals surface area contributed by atoms with E-state index in [0.29, 0.717) is 0 Å². The van der Waals surface area contributed by atoms with Crippen LogP contribution in [-0.2, 0) is 10.1 Å². The summed E-state index contributed by atoms with van der Waals surface area (Å²) in [5.74, 6) is 0. The molecule has 0 aliphatic carbocycles. The van der Waals surface area contributed by atoms with Gasteiger partial charge in [-0.25, -0.2) is 0 Å². The molecule has 0 aromatic rings. The lowest BCUT2D eigenvalue weighted by Gasteiger charge is -2.25. The molecule has 1 unspecified atom stereocenters. The molecule has 0 fully saturated rings. The summed E-state index contributed by atoms with van der Waals surface area (Å²) in [5.41, 5.74) is 4.58. The van der Waals surface area contributed by atoms with Gasteiger partial charge in [0, 0.05) is 5.41 Å². The molecule has 0 spiro atoms. The molecule has 0 bridgehead atoms. The molecule has 0 aromatic carbocycles. The fourth-order valence-electron chi connectivity index (χ4n) is 0.908. The van der Waals surface area contributed by atoms with Crippen LogP contribution < -0.4 is 5.73 Å². The summed E-state index contributed by atoms with van der Waals surface area (Å²) < 4.78 is 30.0. The van der Waals surface area contributed by atoms with Gasteiger partial charge >= 0.3 is 0 Å². The van der Waals surface area contributed by atoms with E-state index in [4.69, 9.17) is 10.3 Å². The molecule has 3 N–H and O–H groups in total. The van der Waals surface area contributed by atoms with Crippen molar-refractivity contribution in [2.24, 2.45) is 11.1 Å². The van der Waals surface area contributed by atoms with Crippen LogP contribution in [0.5, 0.6) is 0 Å². The van der Waals surface area contributed by atoms with Gasteiger partial charge in [-0.2, -0.15) is 8.42 Å². The molecule has 0 saturated carbocycles. The molecule has 1 atom stereocenters. The Hall–Kier alpha value is -0.390. The topological polar surface area (TPSA) is 80.4 Å². The Balaban J connectivity index is 4.81. The van der Waals surface area contributed by atoms with Crippen molar-refractivity contribution in [2.75, 3.05) is 0 Å². The molecule has 0 saturated heterocycles. The van der Waals surface area contributed by atoms with Gasteiger partial charge in [0.25, 0.3) is 10.1 Å². The maximum Gasteiger partial charge on any atom is 0.281 e. The van der Waals surface area contributed by atoms with Crippen LogP contribution in [0.3, 0.4) is 0 Å². The molecule has 12 heavy (non-hydrogen) atoms. The van der Waals surface area contributed by atoms with Gasteiger partial charge in [-0.3, -0.25) is 4.55 Å². The molecule has 0 aliphatic rings. The smallest absolute Gasteiger partial charge is 0.281 e. The minimum atomic E-state index is -4.16. The van der Waals surface area contributed by atoms with Gasteiger partial charge in [-0.1, -0.05) is 26.0 Å². The van der Waals surface area contributed by atoms with Crippen molar-refractivity contribution in [1.82, 2.24) is 0 Å². The minimum absolute atomic E-state index is 0.748. The molecule has 0 rings (SSSR count). The van der Waals surface area contributed by atoms with Crippen LogP contribution in [0, 0.1) is 5.41 Å². The fourth-order valence-corrected chi connectivity index (χ4v) is 1.75. The molecule has 72 valence electrons. The molecular weight excluding hydrogens is 178 g/mol. The quantitative estimate of drug-likeness (QED) is 0.512. The molecule has 0 amide bonds. The molecule has 0 radical (unpaired) electrons. The van der Waals surface area contributed by atoms with E-state index in [1.54, 1.807) is 32.9 Å². The third kappa shape index (κ3) is 2.92. The highest BCUT2D eigenvalue weighted by Gasteiger charge is 2.32. The highest BCUT2D eigenvalue weighted by Crippen LogP contribution is 2.23. The van der Waals surface area contributed by atoms with Crippen molar-refractivity contribution in [2.45, 2.75) is 26.1 Å². The van der Waals surface area contributed by atoms with E-state index in [1.165, 1.54) is 0 Å². The van der Waals surface area contributed by atoms with E-state index in [1.807, 2.05) is 0 Å². The molecule has 0 heterocycles. The monoisotopic (exact) mass is 193 g/mol. The van der Waals surface area contributed by atoms with E-state index in [2.05, 4.69) is 0 Å². The minimum Gasteiger partial charge on any atom is -0.312 e. The van der Waals surface area contributed by atoms with Crippen LogP contribution in [0.25, 0.3) is 0 Å². The highest BCUT2D eigenvalue weighted by molar-refractivity contribution is 7.86. The van der Waals surface area contributed by atoms with Gasteiger partial charge < -0.3 is 5.73 Å². The Morgan fingerprint density at radius 1 is 1.50 bits per heavy atom. The number of hydrogen-bond acceptors (Lipinski definition) is 3. The molecule has 0 aromatic heterocycles. The zero-order valence-corrected chi connectivity index (χ0v) is 8.30. The summed E-state index contributed by atoms with van der Waals surface area (Å²) >= 11 is 0. The molecule has 4 nitrogen and oxygen atoms in total. The summed E-state index contributed by atoms with van der Waals surface area (Å²) in [6.45, 7) is 5.05. The van der Waals surface area contributed by atoms with Gasteiger partial charge in [-0.05, 0) is 6.92 Å². The Kier molecular flexibility index (Phi) is 3.44. The summed E-state index contributed by atoms with van der Waals surface area (Å²) in [6.07, 6.45) is 3.34. The summed E-state index contributed by atoms with van der Waals surface area (Å²) in [6, 6.07) is 0. The maximum atomic E-state index is 10.6. The second kappa shape index (κ2) is 3.55. The van der Waals surface area contributed by atoms with Gasteiger partial charge in [0.1, 0.15) is 5.37 Å². The summed E-state index contributed by atoms with van der Waals surface area (Å²) in [5, 5.41) is -1.28. The lowest BCUT2D eigenvalue weighted by Crippen LogP contribution is -2.42. The normalized spacial score (nSPS) is 16.8. The van der Waals surface area contributed by atoms with Crippen LogP contribution in [0.4, 0.5) is 0 Å². The Morgan fingerprint density at radius 2 is 1.92 bits per heavy atom. The van der Waals surface area contributed by atoms with E-state index in [-0.39, 0.29) is 0 Å². The van der Waals surface area contributed by atoms with E-state index < -0.39 is 20.9 Å². The molecular formula is C7H15NO3S. The number of allylic oxidation sites excluding steroid dienone is 1. The standard InChI is InChI=1S/C7H15NO3S/c1-4-5-7(2,3)6(8)12(9,10)11/h4-6H,8H2,1-3H3,(H,9,10,11). The zero-order chi connectivity index (χ0) is 9.99. The Labute approximate surface area is 73.2 Å². The molecule has 0 aliphatic heterocycles. The lowest BCUT2D eigenvalue weighted by atomic mass is 9.93. The van der Waals surface area contributed by atoms with Gasteiger partial charge in [0.2, 0.25) is 0 Å². The van der Waals surface area contributed by atoms with Gasteiger partial charge in [-0.15, -0.1) is 0 Å². The van der Waals surface area contributed by atoms with Crippen LogP contribution in [-0.4, -0.2) is 18.3 Å². The van der Waals surface area contributed by atoms with Crippen molar-refractivity contribution in [3.63, 3.8) is 0 Å². The average Bonchev–Trinajstić information content (AvgIpc) is 1.84. The predicted molar refractivity (Wildman–Crippen MR) is 48.1 cm³/mol. The first-order chi connectivity index (χ1) is 5.22. The average molecular weight is 193 g/mol. The predicted octanol–water partition coefficient (Wildman–Crippen LogP) is 0.761. The first-order valence-electron chi connectivity index (χ1n) is 3.57. The summed E-state index contributed by atoms with van der Waals surface area (Å²) in [4.78, 5) is 0. The SMILES string of the molecule is CC=CC(C)(C)C(N)S(=O)(=O)O. The van der Waals surface area contributed by atoms with Crippen LogP contribution in [0.2, 0.25) is 0 Å². The fraction of sp³-hybridized carbons (Fsp3) is 0.714. The van der Waals surface area contributed by atoms with Crippen molar-refractivity contribution in [3.05, 3.63) is 12.2 Å². The van der Waals surface area contributed by atoms with E-state index in [9.17, 15) is 8.42 Å². The first kappa shape index (κ1) is 11.6.